The molecule has 5 rings (SSSR count). The average Bonchev–Trinajstić information content (AvgIpc) is 3.18. The zero-order chi connectivity index (χ0) is 27.6. The van der Waals surface area contributed by atoms with Crippen molar-refractivity contribution in [2.75, 3.05) is 26.2 Å². The van der Waals surface area contributed by atoms with Gasteiger partial charge in [-0.25, -0.2) is 4.39 Å². The van der Waals surface area contributed by atoms with Gasteiger partial charge >= 0.3 is 0 Å². The van der Waals surface area contributed by atoms with Gasteiger partial charge in [-0.1, -0.05) is 91.1 Å². The van der Waals surface area contributed by atoms with Gasteiger partial charge in [-0.05, 0) is 59.8 Å². The molecule has 1 aliphatic heterocycles. The summed E-state index contributed by atoms with van der Waals surface area (Å²) in [4.78, 5) is 28.7. The summed E-state index contributed by atoms with van der Waals surface area (Å²) >= 11 is 6.01. The standard InChI is InChI=1S/C30H33ClFN3O2P2/c31-21-9-7-8-20(16-21)27(36)34-22-17-35(18-22)15-6-5-14-29(28(37)33-19-30(32,38)39)25-12-3-1-10-23(25)24-11-2-4-13-26(24)29/h1-4,7-13,16,22H,5-6,14-15,17-19,38-39H2,(H,33,37)(H,34,36). The Hall–Kier alpha value is -2.36. The van der Waals surface area contributed by atoms with E-state index in [2.05, 4.69) is 46.1 Å². The van der Waals surface area contributed by atoms with Crippen LogP contribution in [0.3, 0.4) is 0 Å². The Labute approximate surface area is 238 Å². The van der Waals surface area contributed by atoms with E-state index in [0.29, 0.717) is 17.0 Å². The second-order valence-corrected chi connectivity index (χ2v) is 13.5. The van der Waals surface area contributed by atoms with Crippen LogP contribution in [0.5, 0.6) is 0 Å². The molecule has 2 atom stereocenters. The Balaban J connectivity index is 1.22. The zero-order valence-corrected chi connectivity index (χ0v) is 24.7. The monoisotopic (exact) mass is 583 g/mol. The number of hydrogen-bond acceptors (Lipinski definition) is 3. The molecule has 1 aliphatic carbocycles. The van der Waals surface area contributed by atoms with Crippen molar-refractivity contribution in [3.8, 4) is 11.1 Å². The maximum Gasteiger partial charge on any atom is 0.251 e. The van der Waals surface area contributed by atoms with Gasteiger partial charge in [0.15, 0.2) is 5.15 Å². The van der Waals surface area contributed by atoms with E-state index in [1.807, 2.05) is 36.4 Å². The van der Waals surface area contributed by atoms with E-state index in [4.69, 9.17) is 11.6 Å². The van der Waals surface area contributed by atoms with Gasteiger partial charge in [-0.3, -0.25) is 14.5 Å². The van der Waals surface area contributed by atoms with Crippen molar-refractivity contribution in [1.82, 2.24) is 15.5 Å². The smallest absolute Gasteiger partial charge is 0.251 e. The number of amides is 2. The van der Waals surface area contributed by atoms with Crippen molar-refractivity contribution in [2.45, 2.75) is 35.9 Å². The number of hydrogen-bond donors (Lipinski definition) is 2. The van der Waals surface area contributed by atoms with E-state index in [0.717, 1.165) is 54.7 Å². The van der Waals surface area contributed by atoms with Crippen LogP contribution in [-0.2, 0) is 10.2 Å². The number of unbranched alkanes of at least 4 members (excludes halogenated alkanes) is 1. The van der Waals surface area contributed by atoms with E-state index in [9.17, 15) is 14.0 Å². The van der Waals surface area contributed by atoms with Gasteiger partial charge in [-0.2, -0.15) is 0 Å². The molecule has 3 aromatic carbocycles. The molecule has 0 spiro atoms. The average molecular weight is 584 g/mol. The number of likely N-dealkylation sites (tertiary alicyclic amines) is 1. The number of fused-ring (bicyclic) bond motifs is 3. The fourth-order valence-corrected chi connectivity index (χ4v) is 6.18. The number of carbonyl (C=O) groups is 2. The molecule has 0 bridgehead atoms. The second-order valence-electron chi connectivity index (χ2n) is 10.5. The highest BCUT2D eigenvalue weighted by atomic mass is 35.5. The largest absolute Gasteiger partial charge is 0.351 e. The minimum atomic E-state index is -1.66. The van der Waals surface area contributed by atoms with Crippen LogP contribution in [0.15, 0.2) is 72.8 Å². The van der Waals surface area contributed by atoms with Crippen molar-refractivity contribution >= 4 is 41.9 Å². The van der Waals surface area contributed by atoms with E-state index >= 15 is 0 Å². The molecule has 2 aliphatic rings. The maximum absolute atomic E-state index is 14.3. The maximum atomic E-state index is 14.3. The first-order chi connectivity index (χ1) is 18.7. The molecule has 2 unspecified atom stereocenters. The van der Waals surface area contributed by atoms with Crippen molar-refractivity contribution in [3.05, 3.63) is 94.5 Å². The number of alkyl halides is 1. The molecule has 1 fully saturated rings. The van der Waals surface area contributed by atoms with Gasteiger partial charge in [0.05, 0.1) is 12.6 Å². The molecule has 5 nitrogen and oxygen atoms in total. The highest BCUT2D eigenvalue weighted by Gasteiger charge is 2.48. The van der Waals surface area contributed by atoms with E-state index in [1.165, 1.54) is 0 Å². The summed E-state index contributed by atoms with van der Waals surface area (Å²) in [6, 6.07) is 23.2. The predicted octanol–water partition coefficient (Wildman–Crippen LogP) is 5.38. The highest BCUT2D eigenvalue weighted by molar-refractivity contribution is 7.39. The van der Waals surface area contributed by atoms with Crippen molar-refractivity contribution in [1.29, 1.82) is 0 Å². The number of benzene rings is 3. The molecule has 2 amide bonds. The van der Waals surface area contributed by atoms with Gasteiger partial charge in [0.2, 0.25) is 5.91 Å². The molecule has 0 aromatic heterocycles. The third kappa shape index (κ3) is 6.05. The van der Waals surface area contributed by atoms with Crippen LogP contribution in [0, 0.1) is 0 Å². The number of nitrogens with zero attached hydrogens (tertiary/aromatic N) is 1. The molecule has 9 heteroatoms. The van der Waals surface area contributed by atoms with Crippen molar-refractivity contribution in [3.63, 3.8) is 0 Å². The summed E-state index contributed by atoms with van der Waals surface area (Å²) in [5.74, 6) is -0.276. The summed E-state index contributed by atoms with van der Waals surface area (Å²) in [7, 11) is 4.24. The first-order valence-electron chi connectivity index (χ1n) is 13.2. The minimum Gasteiger partial charge on any atom is -0.351 e. The lowest BCUT2D eigenvalue weighted by Crippen LogP contribution is -2.59. The number of rotatable bonds is 10. The quantitative estimate of drug-likeness (QED) is 0.249. The third-order valence-electron chi connectivity index (χ3n) is 7.63. The summed E-state index contributed by atoms with van der Waals surface area (Å²) in [5.41, 5.74) is 3.79. The first-order valence-corrected chi connectivity index (χ1v) is 14.7. The first kappa shape index (κ1) is 28.2. The molecule has 0 radical (unpaired) electrons. The van der Waals surface area contributed by atoms with Gasteiger partial charge in [0, 0.05) is 23.7 Å². The Morgan fingerprint density at radius 1 is 0.974 bits per heavy atom. The van der Waals surface area contributed by atoms with Crippen LogP contribution in [-0.4, -0.2) is 54.1 Å². The highest BCUT2D eigenvalue weighted by Crippen LogP contribution is 2.51. The number of carbonyl (C=O) groups excluding carboxylic acids is 2. The van der Waals surface area contributed by atoms with Crippen LogP contribution in [0.2, 0.25) is 5.02 Å². The fraction of sp³-hybridized carbons (Fsp3) is 0.333. The van der Waals surface area contributed by atoms with Crippen LogP contribution in [0.25, 0.3) is 11.1 Å². The molecule has 1 heterocycles. The molecule has 2 N–H and O–H groups in total. The normalized spacial score (nSPS) is 16.2. The third-order valence-corrected chi connectivity index (χ3v) is 8.27. The van der Waals surface area contributed by atoms with Gasteiger partial charge in [0.25, 0.3) is 5.91 Å². The Bertz CT molecular complexity index is 1330. The van der Waals surface area contributed by atoms with Crippen LogP contribution in [0.4, 0.5) is 4.39 Å². The summed E-state index contributed by atoms with van der Waals surface area (Å²) in [6.07, 6.45) is 2.37. The number of halogens is 2. The van der Waals surface area contributed by atoms with E-state index in [1.54, 1.807) is 24.3 Å². The molecule has 3 aromatic rings. The summed E-state index contributed by atoms with van der Waals surface area (Å²) < 4.78 is 14.3. The van der Waals surface area contributed by atoms with E-state index in [-0.39, 0.29) is 24.4 Å². The second kappa shape index (κ2) is 11.6. The van der Waals surface area contributed by atoms with Gasteiger partial charge < -0.3 is 10.6 Å². The van der Waals surface area contributed by atoms with Gasteiger partial charge in [-0.15, -0.1) is 0 Å². The Morgan fingerprint density at radius 3 is 2.23 bits per heavy atom. The van der Waals surface area contributed by atoms with E-state index < -0.39 is 10.6 Å². The van der Waals surface area contributed by atoms with Gasteiger partial charge in [0.1, 0.15) is 5.41 Å². The lowest BCUT2D eigenvalue weighted by Gasteiger charge is -2.40. The van der Waals surface area contributed by atoms with Crippen LogP contribution >= 0.6 is 30.1 Å². The number of nitrogens with one attached hydrogen (secondary N) is 2. The Morgan fingerprint density at radius 2 is 1.62 bits per heavy atom. The summed E-state index contributed by atoms with van der Waals surface area (Å²) in [5, 5.41) is 4.84. The molecule has 0 saturated carbocycles. The zero-order valence-electron chi connectivity index (χ0n) is 21.6. The minimum absolute atomic E-state index is 0.108. The van der Waals surface area contributed by atoms with Crippen molar-refractivity contribution < 1.29 is 14.0 Å². The fourth-order valence-electron chi connectivity index (χ4n) is 5.79. The van der Waals surface area contributed by atoms with Crippen LogP contribution in [0.1, 0.15) is 40.7 Å². The van der Waals surface area contributed by atoms with Crippen molar-refractivity contribution in [2.24, 2.45) is 0 Å². The lowest BCUT2D eigenvalue weighted by molar-refractivity contribution is -0.125. The molecule has 204 valence electrons. The molecular weight excluding hydrogens is 551 g/mol. The SMILES string of the molecule is O=C(NC1CN(CCCCC2(C(=O)NCC(F)(P)P)c3ccccc3-c3ccccc32)C1)c1cccc(Cl)c1. The van der Waals surface area contributed by atoms with Crippen LogP contribution < -0.4 is 10.6 Å². The Kier molecular flexibility index (Phi) is 8.40. The topological polar surface area (TPSA) is 61.4 Å². The lowest BCUT2D eigenvalue weighted by atomic mass is 9.73. The predicted molar refractivity (Wildman–Crippen MR) is 162 cm³/mol. The summed E-state index contributed by atoms with van der Waals surface area (Å²) in [6.45, 7) is 2.37. The molecule has 1 saturated heterocycles. The molecular formula is C30H33ClFN3O2P2. The molecule has 39 heavy (non-hydrogen) atoms.